The van der Waals surface area contributed by atoms with E-state index >= 15 is 0 Å². The average molecular weight is 498 g/mol. The zero-order valence-corrected chi connectivity index (χ0v) is 20.3. The Kier molecular flexibility index (Phi) is 6.89. The lowest BCUT2D eigenvalue weighted by molar-refractivity contribution is -0.137. The Hall–Kier alpha value is -3.68. The number of hydrogen-bond donors (Lipinski definition) is 1. The monoisotopic (exact) mass is 497 g/mol. The van der Waals surface area contributed by atoms with Crippen LogP contribution in [0.5, 0.6) is 0 Å². The highest BCUT2D eigenvalue weighted by molar-refractivity contribution is 6.03. The summed E-state index contributed by atoms with van der Waals surface area (Å²) in [5.74, 6) is -0.981. The summed E-state index contributed by atoms with van der Waals surface area (Å²) in [7, 11) is 0. The second-order valence-corrected chi connectivity index (χ2v) is 9.84. The van der Waals surface area contributed by atoms with Crippen LogP contribution >= 0.6 is 0 Å². The van der Waals surface area contributed by atoms with Gasteiger partial charge in [0.25, 0.3) is 5.91 Å². The molecule has 0 spiro atoms. The van der Waals surface area contributed by atoms with Crippen molar-refractivity contribution in [3.05, 3.63) is 101 Å². The van der Waals surface area contributed by atoms with Gasteiger partial charge in [-0.25, -0.2) is 9.37 Å². The third-order valence-corrected chi connectivity index (χ3v) is 6.16. The molecule has 0 fully saturated rings. The molecule has 0 saturated carbocycles. The molecule has 0 atom stereocenters. The van der Waals surface area contributed by atoms with Crippen LogP contribution in [0.3, 0.4) is 0 Å². The Morgan fingerprint density at radius 1 is 0.972 bits per heavy atom. The number of carbonyl (C=O) groups excluding carboxylic acids is 1. The van der Waals surface area contributed by atoms with Crippen LogP contribution in [0, 0.1) is 5.82 Å². The number of amides is 1. The average Bonchev–Trinajstić information content (AvgIpc) is 3.32. The largest absolute Gasteiger partial charge is 0.416 e. The van der Waals surface area contributed by atoms with E-state index in [1.807, 2.05) is 24.3 Å². The van der Waals surface area contributed by atoms with Crippen molar-refractivity contribution < 1.29 is 22.4 Å². The van der Waals surface area contributed by atoms with Crippen molar-refractivity contribution in [2.24, 2.45) is 0 Å². The van der Waals surface area contributed by atoms with Crippen molar-refractivity contribution in [2.75, 3.05) is 6.54 Å². The molecule has 0 bridgehead atoms. The molecule has 2 aromatic heterocycles. The van der Waals surface area contributed by atoms with Crippen LogP contribution in [0.2, 0.25) is 0 Å². The third kappa shape index (κ3) is 5.58. The van der Waals surface area contributed by atoms with E-state index in [0.29, 0.717) is 5.56 Å². The second-order valence-electron chi connectivity index (χ2n) is 9.84. The number of aromatic amines is 1. The molecule has 4 rings (SSSR count). The molecular formula is C28H27F4N3O. The first-order chi connectivity index (χ1) is 16.9. The fraction of sp³-hybridized carbons (Fsp3) is 0.286. The minimum atomic E-state index is -4.45. The van der Waals surface area contributed by atoms with Crippen molar-refractivity contribution in [3.8, 4) is 0 Å². The molecule has 4 aromatic rings. The predicted octanol–water partition coefficient (Wildman–Crippen LogP) is 6.90. The summed E-state index contributed by atoms with van der Waals surface area (Å²) < 4.78 is 53.6. The van der Waals surface area contributed by atoms with Gasteiger partial charge in [-0.15, -0.1) is 0 Å². The number of nitrogens with zero attached hydrogens (tertiary/aromatic N) is 2. The summed E-state index contributed by atoms with van der Waals surface area (Å²) in [5, 5.41) is 0.251. The van der Waals surface area contributed by atoms with E-state index in [-0.39, 0.29) is 41.5 Å². The molecule has 1 amide bonds. The smallest absolute Gasteiger partial charge is 0.359 e. The molecule has 0 saturated heterocycles. The van der Waals surface area contributed by atoms with Gasteiger partial charge in [-0.3, -0.25) is 4.79 Å². The molecule has 4 nitrogen and oxygen atoms in total. The molecule has 8 heteroatoms. The van der Waals surface area contributed by atoms with E-state index in [2.05, 4.69) is 30.7 Å². The van der Waals surface area contributed by atoms with Gasteiger partial charge >= 0.3 is 6.18 Å². The molecule has 0 aliphatic heterocycles. The minimum Gasteiger partial charge on any atom is -0.359 e. The van der Waals surface area contributed by atoms with E-state index in [1.165, 1.54) is 23.2 Å². The predicted molar refractivity (Wildman–Crippen MR) is 131 cm³/mol. The molecule has 2 heterocycles. The maximum atomic E-state index is 14.1. The normalized spacial score (nSPS) is 12.2. The van der Waals surface area contributed by atoms with Crippen LogP contribution in [-0.2, 0) is 24.6 Å². The quantitative estimate of drug-likeness (QED) is 0.295. The zero-order valence-electron chi connectivity index (χ0n) is 20.3. The topological polar surface area (TPSA) is 49.0 Å². The number of aromatic nitrogens is 2. The summed E-state index contributed by atoms with van der Waals surface area (Å²) in [6.45, 7) is 6.70. The van der Waals surface area contributed by atoms with Gasteiger partial charge in [-0.05, 0) is 40.7 Å². The SMILES string of the molecule is CC(C)(C)c1ccc(CN(CCc2cccc(C(F)(F)F)c2)C(=O)c2ncc(F)c3cc[nH]c23)cc1. The Balaban J connectivity index is 1.63. The molecule has 0 aliphatic rings. The van der Waals surface area contributed by atoms with Crippen molar-refractivity contribution >= 4 is 16.8 Å². The van der Waals surface area contributed by atoms with E-state index in [9.17, 15) is 22.4 Å². The van der Waals surface area contributed by atoms with Gasteiger partial charge in [0.1, 0.15) is 0 Å². The number of halogens is 4. The van der Waals surface area contributed by atoms with Crippen LogP contribution in [0.15, 0.2) is 67.0 Å². The zero-order chi connectivity index (χ0) is 26.1. The van der Waals surface area contributed by atoms with E-state index in [4.69, 9.17) is 0 Å². The van der Waals surface area contributed by atoms with Gasteiger partial charge in [0, 0.05) is 24.7 Å². The summed E-state index contributed by atoms with van der Waals surface area (Å²) in [5.41, 5.74) is 2.05. The summed E-state index contributed by atoms with van der Waals surface area (Å²) in [6.07, 6.45) is -1.70. The van der Waals surface area contributed by atoms with Crippen LogP contribution in [0.4, 0.5) is 17.6 Å². The third-order valence-electron chi connectivity index (χ3n) is 6.16. The number of pyridine rings is 1. The first-order valence-electron chi connectivity index (χ1n) is 11.6. The molecule has 0 radical (unpaired) electrons. The fourth-order valence-electron chi connectivity index (χ4n) is 4.08. The number of hydrogen-bond acceptors (Lipinski definition) is 2. The lowest BCUT2D eigenvalue weighted by Gasteiger charge is -2.24. The molecule has 1 N–H and O–H groups in total. The van der Waals surface area contributed by atoms with Gasteiger partial charge in [-0.2, -0.15) is 13.2 Å². The van der Waals surface area contributed by atoms with Gasteiger partial charge in [-0.1, -0.05) is 63.2 Å². The van der Waals surface area contributed by atoms with Crippen LogP contribution < -0.4 is 0 Å². The Labute approximate surface area is 207 Å². The Morgan fingerprint density at radius 2 is 1.69 bits per heavy atom. The number of fused-ring (bicyclic) bond motifs is 1. The van der Waals surface area contributed by atoms with E-state index in [1.54, 1.807) is 6.07 Å². The number of rotatable bonds is 6. The molecule has 2 aromatic carbocycles. The number of alkyl halides is 3. The first kappa shape index (κ1) is 25.4. The first-order valence-corrected chi connectivity index (χ1v) is 11.6. The summed E-state index contributed by atoms with van der Waals surface area (Å²) in [6, 6.07) is 14.5. The standard InChI is InChI=1S/C28H27F4N3O/c1-27(2,3)20-9-7-19(8-10-20)17-35(14-12-18-5-4-6-21(15-18)28(30,31)32)26(36)25-24-22(11-13-33-24)23(29)16-34-25/h4-11,13,15-16,33H,12,14,17H2,1-3H3. The molecule has 0 aliphatic carbocycles. The maximum Gasteiger partial charge on any atom is 0.416 e. The van der Waals surface area contributed by atoms with Gasteiger partial charge in [0.15, 0.2) is 11.5 Å². The lowest BCUT2D eigenvalue weighted by atomic mass is 9.87. The fourth-order valence-corrected chi connectivity index (χ4v) is 4.08. The molecular weight excluding hydrogens is 470 g/mol. The summed E-state index contributed by atoms with van der Waals surface area (Å²) in [4.78, 5) is 22.0. The second kappa shape index (κ2) is 9.76. The van der Waals surface area contributed by atoms with Crippen molar-refractivity contribution in [3.63, 3.8) is 0 Å². The van der Waals surface area contributed by atoms with Crippen LogP contribution in [-0.4, -0.2) is 27.3 Å². The maximum absolute atomic E-state index is 14.1. The van der Waals surface area contributed by atoms with Gasteiger partial charge in [0.2, 0.25) is 0 Å². The number of carbonyl (C=O) groups is 1. The molecule has 188 valence electrons. The van der Waals surface area contributed by atoms with Crippen molar-refractivity contribution in [1.82, 2.24) is 14.9 Å². The number of H-pyrrole nitrogens is 1. The minimum absolute atomic E-state index is 0.0329. The highest BCUT2D eigenvalue weighted by Gasteiger charge is 2.30. The Bertz CT molecular complexity index is 1370. The number of benzene rings is 2. The van der Waals surface area contributed by atoms with Crippen LogP contribution in [0.1, 0.15) is 53.5 Å². The van der Waals surface area contributed by atoms with Gasteiger partial charge in [0.05, 0.1) is 17.3 Å². The van der Waals surface area contributed by atoms with E-state index < -0.39 is 23.5 Å². The van der Waals surface area contributed by atoms with E-state index in [0.717, 1.165) is 29.5 Å². The lowest BCUT2D eigenvalue weighted by Crippen LogP contribution is -2.33. The van der Waals surface area contributed by atoms with Crippen molar-refractivity contribution in [1.29, 1.82) is 0 Å². The molecule has 36 heavy (non-hydrogen) atoms. The highest BCUT2D eigenvalue weighted by Crippen LogP contribution is 2.30. The van der Waals surface area contributed by atoms with Crippen LogP contribution in [0.25, 0.3) is 10.9 Å². The summed E-state index contributed by atoms with van der Waals surface area (Å²) >= 11 is 0. The van der Waals surface area contributed by atoms with Crippen molar-refractivity contribution in [2.45, 2.75) is 45.3 Å². The Morgan fingerprint density at radius 3 is 2.36 bits per heavy atom. The number of nitrogens with one attached hydrogen (secondary N) is 1. The van der Waals surface area contributed by atoms with Gasteiger partial charge < -0.3 is 9.88 Å². The molecule has 0 unspecified atom stereocenters. The highest BCUT2D eigenvalue weighted by atomic mass is 19.4.